The highest BCUT2D eigenvalue weighted by Crippen LogP contribution is 2.42. The molecule has 1 aliphatic heterocycles. The molecule has 0 saturated carbocycles. The Bertz CT molecular complexity index is 1410. The number of hydrogen-bond donors (Lipinski definition) is 0. The number of aromatic nitrogens is 2. The van der Waals surface area contributed by atoms with Gasteiger partial charge in [0, 0.05) is 42.3 Å². The summed E-state index contributed by atoms with van der Waals surface area (Å²) in [4.78, 5) is 20.0. The lowest BCUT2D eigenvalue weighted by atomic mass is 9.95. The Kier molecular flexibility index (Phi) is 5.49. The van der Waals surface area contributed by atoms with Gasteiger partial charge in [-0.3, -0.25) is 4.79 Å². The molecule has 6 rings (SSSR count). The summed E-state index contributed by atoms with van der Waals surface area (Å²) in [5.41, 5.74) is 9.76. The maximum atomic E-state index is 13.5. The van der Waals surface area contributed by atoms with Crippen LogP contribution in [0.5, 0.6) is 0 Å². The van der Waals surface area contributed by atoms with E-state index in [1.807, 2.05) is 11.0 Å². The van der Waals surface area contributed by atoms with Gasteiger partial charge in [0.15, 0.2) is 0 Å². The molecule has 0 radical (unpaired) electrons. The number of carbonyl (C=O) groups is 1. The Morgan fingerprint density at radius 1 is 0.914 bits per heavy atom. The number of para-hydroxylation sites is 1. The third-order valence-corrected chi connectivity index (χ3v) is 8.49. The van der Waals surface area contributed by atoms with Gasteiger partial charge < -0.3 is 9.80 Å². The number of piperazine rings is 1. The van der Waals surface area contributed by atoms with E-state index in [2.05, 4.69) is 78.9 Å². The number of thiophene rings is 1. The second-order valence-corrected chi connectivity index (χ2v) is 10.7. The number of fused-ring (bicyclic) bond motifs is 3. The lowest BCUT2D eigenvalue weighted by Gasteiger charge is -2.36. The quantitative estimate of drug-likeness (QED) is 0.382. The molecule has 0 spiro atoms. The molecule has 178 valence electrons. The van der Waals surface area contributed by atoms with Crippen LogP contribution >= 0.6 is 11.3 Å². The predicted octanol–water partition coefficient (Wildman–Crippen LogP) is 5.59. The summed E-state index contributed by atoms with van der Waals surface area (Å²) < 4.78 is 2.08. The van der Waals surface area contributed by atoms with E-state index in [0.29, 0.717) is 0 Å². The van der Waals surface area contributed by atoms with E-state index in [1.165, 1.54) is 38.5 Å². The molecule has 5 nitrogen and oxygen atoms in total. The summed E-state index contributed by atoms with van der Waals surface area (Å²) in [5, 5.41) is 4.88. The summed E-state index contributed by atoms with van der Waals surface area (Å²) in [6.07, 6.45) is 1.89. The summed E-state index contributed by atoms with van der Waals surface area (Å²) in [5.74, 6) is 0.166. The predicted molar refractivity (Wildman–Crippen MR) is 143 cm³/mol. The highest BCUT2D eigenvalue weighted by atomic mass is 32.1. The molecule has 3 heterocycles. The largest absolute Gasteiger partial charge is 0.368 e. The molecule has 2 aliphatic rings. The molecule has 1 amide bonds. The molecular formula is C29H30N4OS. The van der Waals surface area contributed by atoms with Gasteiger partial charge in [-0.2, -0.15) is 5.10 Å². The van der Waals surface area contributed by atoms with Crippen molar-refractivity contribution in [2.75, 3.05) is 31.1 Å². The molecule has 1 aliphatic carbocycles. The maximum absolute atomic E-state index is 13.5. The van der Waals surface area contributed by atoms with Crippen molar-refractivity contribution in [1.29, 1.82) is 0 Å². The Hall–Kier alpha value is -3.38. The van der Waals surface area contributed by atoms with Crippen LogP contribution in [-0.4, -0.2) is 46.8 Å². The zero-order valence-electron chi connectivity index (χ0n) is 20.5. The van der Waals surface area contributed by atoms with Crippen molar-refractivity contribution < 1.29 is 4.79 Å². The molecule has 6 heteroatoms. The summed E-state index contributed by atoms with van der Waals surface area (Å²) in [7, 11) is 0. The first-order valence-electron chi connectivity index (χ1n) is 12.4. The first kappa shape index (κ1) is 22.1. The van der Waals surface area contributed by atoms with Gasteiger partial charge in [-0.25, -0.2) is 4.68 Å². The van der Waals surface area contributed by atoms with Crippen molar-refractivity contribution in [3.8, 4) is 16.1 Å². The van der Waals surface area contributed by atoms with Crippen LogP contribution in [0.4, 0.5) is 5.69 Å². The summed E-state index contributed by atoms with van der Waals surface area (Å²) in [6.45, 7) is 9.64. The van der Waals surface area contributed by atoms with Gasteiger partial charge >= 0.3 is 0 Å². The van der Waals surface area contributed by atoms with Crippen LogP contribution in [0.2, 0.25) is 0 Å². The molecule has 0 unspecified atom stereocenters. The van der Waals surface area contributed by atoms with Crippen LogP contribution in [0.3, 0.4) is 0 Å². The van der Waals surface area contributed by atoms with Crippen molar-refractivity contribution in [3.63, 3.8) is 0 Å². The minimum absolute atomic E-state index is 0.166. The Labute approximate surface area is 210 Å². The normalized spacial score (nSPS) is 15.2. The van der Waals surface area contributed by atoms with E-state index < -0.39 is 0 Å². The number of nitrogens with zero attached hydrogens (tertiary/aromatic N) is 4. The fraction of sp³-hybridized carbons (Fsp3) is 0.310. The van der Waals surface area contributed by atoms with Crippen molar-refractivity contribution in [1.82, 2.24) is 14.7 Å². The molecule has 4 aromatic rings. The van der Waals surface area contributed by atoms with Crippen LogP contribution < -0.4 is 4.90 Å². The van der Waals surface area contributed by atoms with E-state index in [4.69, 9.17) is 5.10 Å². The molecular weight excluding hydrogens is 452 g/mol. The highest BCUT2D eigenvalue weighted by Gasteiger charge is 2.30. The van der Waals surface area contributed by atoms with Crippen molar-refractivity contribution >= 4 is 22.9 Å². The van der Waals surface area contributed by atoms with E-state index in [1.54, 1.807) is 11.3 Å². The molecule has 0 atom stereocenters. The Balaban J connectivity index is 1.23. The average molecular weight is 483 g/mol. The molecule has 1 fully saturated rings. The lowest BCUT2D eigenvalue weighted by molar-refractivity contribution is 0.0751. The van der Waals surface area contributed by atoms with E-state index in [9.17, 15) is 4.79 Å². The number of aryl methyl sites for hydroxylation is 4. The van der Waals surface area contributed by atoms with Crippen molar-refractivity contribution in [3.05, 3.63) is 87.6 Å². The average Bonchev–Trinajstić information content (AvgIpc) is 3.47. The van der Waals surface area contributed by atoms with E-state index in [-0.39, 0.29) is 5.91 Å². The van der Waals surface area contributed by atoms with Gasteiger partial charge in [0.2, 0.25) is 0 Å². The Morgan fingerprint density at radius 3 is 2.46 bits per heavy atom. The summed E-state index contributed by atoms with van der Waals surface area (Å²) in [6, 6.07) is 19.1. The summed E-state index contributed by atoms with van der Waals surface area (Å²) >= 11 is 1.65. The monoisotopic (exact) mass is 482 g/mol. The van der Waals surface area contributed by atoms with E-state index >= 15 is 0 Å². The van der Waals surface area contributed by atoms with Crippen molar-refractivity contribution in [2.24, 2.45) is 0 Å². The zero-order valence-corrected chi connectivity index (χ0v) is 21.4. The van der Waals surface area contributed by atoms with Crippen LogP contribution in [0.15, 0.2) is 54.6 Å². The van der Waals surface area contributed by atoms with Crippen LogP contribution in [0.1, 0.15) is 37.7 Å². The third-order valence-electron chi connectivity index (χ3n) is 7.31. The first-order chi connectivity index (χ1) is 17.0. The van der Waals surface area contributed by atoms with Gasteiger partial charge in [0.05, 0.1) is 22.0 Å². The molecule has 0 N–H and O–H groups in total. The molecule has 2 aromatic heterocycles. The second-order valence-electron chi connectivity index (χ2n) is 9.69. The second kappa shape index (κ2) is 8.68. The van der Waals surface area contributed by atoms with Gasteiger partial charge in [-0.15, -0.1) is 11.3 Å². The number of amides is 1. The number of benzene rings is 2. The smallest absolute Gasteiger partial charge is 0.264 e. The fourth-order valence-electron chi connectivity index (χ4n) is 5.44. The highest BCUT2D eigenvalue weighted by molar-refractivity contribution is 7.17. The maximum Gasteiger partial charge on any atom is 0.264 e. The fourth-order valence-corrected chi connectivity index (χ4v) is 6.73. The number of hydrogen-bond acceptors (Lipinski definition) is 4. The van der Waals surface area contributed by atoms with Gasteiger partial charge in [-0.1, -0.05) is 30.3 Å². The van der Waals surface area contributed by atoms with Crippen molar-refractivity contribution in [2.45, 2.75) is 33.6 Å². The molecule has 2 aromatic carbocycles. The number of carbonyl (C=O) groups excluding carboxylic acids is 1. The molecule has 1 saturated heterocycles. The standard InChI is InChI=1S/C29H30N4OS/c1-19-9-10-20(2)25(17-19)31-13-15-32(16-14-31)29(34)26-18-22-11-12-24-27(28(22)35-26)21(3)30-33(24)23-7-5-4-6-8-23/h4-10,17-18H,11-16H2,1-3H3. The van der Waals surface area contributed by atoms with Crippen LogP contribution in [0, 0.1) is 20.8 Å². The minimum atomic E-state index is 0.166. The zero-order chi connectivity index (χ0) is 24.1. The van der Waals surface area contributed by atoms with Crippen LogP contribution in [-0.2, 0) is 12.8 Å². The molecule has 0 bridgehead atoms. The van der Waals surface area contributed by atoms with Gasteiger partial charge in [-0.05, 0) is 74.6 Å². The number of rotatable bonds is 3. The Morgan fingerprint density at radius 2 is 1.69 bits per heavy atom. The van der Waals surface area contributed by atoms with Crippen LogP contribution in [0.25, 0.3) is 16.1 Å². The topological polar surface area (TPSA) is 41.4 Å². The third kappa shape index (κ3) is 3.86. The molecule has 35 heavy (non-hydrogen) atoms. The van der Waals surface area contributed by atoms with Gasteiger partial charge in [0.1, 0.15) is 0 Å². The van der Waals surface area contributed by atoms with E-state index in [0.717, 1.165) is 55.3 Å². The lowest BCUT2D eigenvalue weighted by Crippen LogP contribution is -2.48. The number of anilines is 1. The first-order valence-corrected chi connectivity index (χ1v) is 13.2. The van der Waals surface area contributed by atoms with Gasteiger partial charge in [0.25, 0.3) is 5.91 Å². The SMILES string of the molecule is Cc1ccc(C)c(N2CCN(C(=O)c3cc4c(s3)-c3c(C)nn(-c5ccccc5)c3CC4)CC2)c1. The minimum Gasteiger partial charge on any atom is -0.368 e.